The summed E-state index contributed by atoms with van der Waals surface area (Å²) in [5, 5.41) is 11.2. The van der Waals surface area contributed by atoms with Crippen molar-refractivity contribution < 1.29 is 14.6 Å². The van der Waals surface area contributed by atoms with E-state index in [0.29, 0.717) is 34.9 Å². The monoisotopic (exact) mass is 321 g/mol. The predicted octanol–water partition coefficient (Wildman–Crippen LogP) is 3.57. The van der Waals surface area contributed by atoms with E-state index in [2.05, 4.69) is 0 Å². The molecule has 0 radical (unpaired) electrons. The maximum Gasteiger partial charge on any atom is 0.258 e. The molecule has 2 aliphatic heterocycles. The van der Waals surface area contributed by atoms with Crippen molar-refractivity contribution >= 4 is 23.1 Å². The van der Waals surface area contributed by atoms with Crippen molar-refractivity contribution in [3.05, 3.63) is 34.0 Å². The number of amides is 1. The van der Waals surface area contributed by atoms with Crippen LogP contribution in [0, 0.1) is 0 Å². The number of carbonyl (C=O) groups is 1. The van der Waals surface area contributed by atoms with Crippen LogP contribution in [-0.4, -0.2) is 35.6 Å². The fourth-order valence-corrected chi connectivity index (χ4v) is 3.70. The van der Waals surface area contributed by atoms with Crippen molar-refractivity contribution in [1.82, 2.24) is 4.90 Å². The zero-order valence-electron chi connectivity index (χ0n) is 12.9. The first-order valence-corrected chi connectivity index (χ1v) is 8.07. The van der Waals surface area contributed by atoms with E-state index in [1.807, 2.05) is 13.0 Å². The lowest BCUT2D eigenvalue weighted by Gasteiger charge is -2.29. The van der Waals surface area contributed by atoms with Crippen LogP contribution < -0.4 is 4.74 Å². The summed E-state index contributed by atoms with van der Waals surface area (Å²) < 4.78 is 5.43. The van der Waals surface area contributed by atoms with Crippen LogP contribution >= 0.6 is 11.6 Å². The number of aryl methyl sites for hydroxylation is 1. The second-order valence-corrected chi connectivity index (χ2v) is 6.20. The summed E-state index contributed by atoms with van der Waals surface area (Å²) in [6, 6.07) is 3.35. The van der Waals surface area contributed by atoms with Gasteiger partial charge in [-0.05, 0) is 43.4 Å². The van der Waals surface area contributed by atoms with Gasteiger partial charge in [0.15, 0.2) is 0 Å². The Labute approximate surface area is 135 Å². The highest BCUT2D eigenvalue weighted by Gasteiger charge is 2.42. The predicted molar refractivity (Wildman–Crippen MR) is 86.3 cm³/mol. The van der Waals surface area contributed by atoms with E-state index < -0.39 is 0 Å². The molecular formula is C17H20ClNO3. The van der Waals surface area contributed by atoms with Gasteiger partial charge < -0.3 is 14.7 Å². The van der Waals surface area contributed by atoms with Gasteiger partial charge in [-0.15, -0.1) is 0 Å². The first-order chi connectivity index (χ1) is 10.6. The SMILES string of the molecule is CCc1cc(Cl)cc(OC)c1C1=C(O)C2CCCCN2C1=O. The Morgan fingerprint density at radius 1 is 1.41 bits per heavy atom. The van der Waals surface area contributed by atoms with Gasteiger partial charge in [0.05, 0.1) is 18.7 Å². The van der Waals surface area contributed by atoms with Gasteiger partial charge in [0.25, 0.3) is 5.91 Å². The minimum atomic E-state index is -0.179. The van der Waals surface area contributed by atoms with E-state index in [0.717, 1.165) is 24.8 Å². The Hall–Kier alpha value is -1.68. The highest BCUT2D eigenvalue weighted by molar-refractivity contribution is 6.31. The molecule has 1 saturated heterocycles. The van der Waals surface area contributed by atoms with E-state index in [1.165, 1.54) is 0 Å². The summed E-state index contributed by atoms with van der Waals surface area (Å²) in [5.74, 6) is 0.622. The summed E-state index contributed by atoms with van der Waals surface area (Å²) in [6.45, 7) is 2.70. The molecule has 1 atom stereocenters. The molecule has 1 aromatic carbocycles. The number of halogens is 1. The maximum atomic E-state index is 12.8. The Kier molecular flexibility index (Phi) is 4.04. The van der Waals surface area contributed by atoms with Crippen LogP contribution in [0.4, 0.5) is 0 Å². The second-order valence-electron chi connectivity index (χ2n) is 5.77. The number of methoxy groups -OCH3 is 1. The van der Waals surface area contributed by atoms with Gasteiger partial charge in [0.1, 0.15) is 11.5 Å². The molecule has 1 unspecified atom stereocenters. The summed E-state index contributed by atoms with van der Waals surface area (Å²) in [7, 11) is 1.55. The molecule has 0 aromatic heterocycles. The fourth-order valence-electron chi connectivity index (χ4n) is 3.47. The second kappa shape index (κ2) is 5.84. The third-order valence-electron chi connectivity index (χ3n) is 4.55. The molecule has 1 amide bonds. The Morgan fingerprint density at radius 2 is 2.18 bits per heavy atom. The molecule has 5 heteroatoms. The Bertz CT molecular complexity index is 628. The number of carbonyl (C=O) groups excluding carboxylic acids is 1. The molecule has 0 spiro atoms. The van der Waals surface area contributed by atoms with Crippen molar-refractivity contribution in [3.63, 3.8) is 0 Å². The topological polar surface area (TPSA) is 49.8 Å². The molecule has 0 saturated carbocycles. The number of hydrogen-bond donors (Lipinski definition) is 1. The average Bonchev–Trinajstić information content (AvgIpc) is 2.78. The van der Waals surface area contributed by atoms with E-state index in [1.54, 1.807) is 18.1 Å². The zero-order valence-corrected chi connectivity index (χ0v) is 13.6. The van der Waals surface area contributed by atoms with Gasteiger partial charge in [0.2, 0.25) is 0 Å². The molecule has 1 aromatic rings. The van der Waals surface area contributed by atoms with Crippen LogP contribution in [0.15, 0.2) is 17.9 Å². The molecule has 2 aliphatic rings. The summed E-state index contributed by atoms with van der Waals surface area (Å²) in [4.78, 5) is 14.6. The molecule has 1 fully saturated rings. The van der Waals surface area contributed by atoms with E-state index in [9.17, 15) is 9.90 Å². The first kappa shape index (κ1) is 15.2. The van der Waals surface area contributed by atoms with Gasteiger partial charge in [-0.1, -0.05) is 18.5 Å². The van der Waals surface area contributed by atoms with Crippen LogP contribution in [-0.2, 0) is 11.2 Å². The number of benzene rings is 1. The lowest BCUT2D eigenvalue weighted by molar-refractivity contribution is -0.126. The van der Waals surface area contributed by atoms with Gasteiger partial charge in [-0.3, -0.25) is 4.79 Å². The number of aliphatic hydroxyl groups excluding tert-OH is 1. The number of nitrogens with zero attached hydrogens (tertiary/aromatic N) is 1. The van der Waals surface area contributed by atoms with Gasteiger partial charge >= 0.3 is 0 Å². The Balaban J connectivity index is 2.18. The lowest BCUT2D eigenvalue weighted by Crippen LogP contribution is -2.39. The highest BCUT2D eigenvalue weighted by Crippen LogP contribution is 2.42. The normalized spacial score (nSPS) is 21.3. The van der Waals surface area contributed by atoms with Crippen molar-refractivity contribution in [3.8, 4) is 5.75 Å². The summed E-state index contributed by atoms with van der Waals surface area (Å²) >= 11 is 6.13. The van der Waals surface area contributed by atoms with E-state index in [-0.39, 0.29) is 17.7 Å². The average molecular weight is 322 g/mol. The molecule has 3 rings (SSSR count). The number of rotatable bonds is 3. The lowest BCUT2D eigenvalue weighted by atomic mass is 9.95. The minimum absolute atomic E-state index is 0.0995. The number of fused-ring (bicyclic) bond motifs is 1. The van der Waals surface area contributed by atoms with Crippen molar-refractivity contribution in [2.24, 2.45) is 0 Å². The van der Waals surface area contributed by atoms with Crippen LogP contribution in [0.1, 0.15) is 37.3 Å². The Morgan fingerprint density at radius 3 is 2.82 bits per heavy atom. The van der Waals surface area contributed by atoms with Crippen molar-refractivity contribution in [2.45, 2.75) is 38.6 Å². The van der Waals surface area contributed by atoms with Crippen LogP contribution in [0.25, 0.3) is 5.57 Å². The molecule has 0 bridgehead atoms. The molecular weight excluding hydrogens is 302 g/mol. The standard InChI is InChI=1S/C17H20ClNO3/c1-3-10-8-11(18)9-13(22-2)14(10)15-16(20)12-6-4-5-7-19(12)17(15)21/h8-9,12,20H,3-7H2,1-2H3. The van der Waals surface area contributed by atoms with Crippen molar-refractivity contribution in [2.75, 3.05) is 13.7 Å². The number of hydrogen-bond acceptors (Lipinski definition) is 3. The van der Waals surface area contributed by atoms with E-state index in [4.69, 9.17) is 16.3 Å². The number of piperidine rings is 1. The van der Waals surface area contributed by atoms with E-state index >= 15 is 0 Å². The highest BCUT2D eigenvalue weighted by atomic mass is 35.5. The number of aliphatic hydroxyl groups is 1. The zero-order chi connectivity index (χ0) is 15.9. The van der Waals surface area contributed by atoms with Gasteiger partial charge in [-0.2, -0.15) is 0 Å². The van der Waals surface area contributed by atoms with Crippen LogP contribution in [0.5, 0.6) is 5.75 Å². The van der Waals surface area contributed by atoms with Gasteiger partial charge in [0, 0.05) is 17.1 Å². The largest absolute Gasteiger partial charge is 0.509 e. The summed E-state index contributed by atoms with van der Waals surface area (Å²) in [5.41, 5.74) is 1.99. The molecule has 0 aliphatic carbocycles. The van der Waals surface area contributed by atoms with Gasteiger partial charge in [-0.25, -0.2) is 0 Å². The third kappa shape index (κ3) is 2.26. The molecule has 1 N–H and O–H groups in total. The third-order valence-corrected chi connectivity index (χ3v) is 4.77. The summed E-state index contributed by atoms with van der Waals surface area (Å²) in [6.07, 6.45) is 3.55. The van der Waals surface area contributed by atoms with Crippen LogP contribution in [0.3, 0.4) is 0 Å². The minimum Gasteiger partial charge on any atom is -0.509 e. The van der Waals surface area contributed by atoms with Crippen molar-refractivity contribution in [1.29, 1.82) is 0 Å². The molecule has 4 nitrogen and oxygen atoms in total. The first-order valence-electron chi connectivity index (χ1n) is 7.69. The number of ether oxygens (including phenoxy) is 1. The fraction of sp³-hybridized carbons (Fsp3) is 0.471. The molecule has 22 heavy (non-hydrogen) atoms. The molecule has 118 valence electrons. The molecule has 2 heterocycles. The quantitative estimate of drug-likeness (QED) is 0.925. The maximum absolute atomic E-state index is 12.8. The smallest absolute Gasteiger partial charge is 0.258 e. The van der Waals surface area contributed by atoms with Crippen LogP contribution in [0.2, 0.25) is 5.02 Å².